The van der Waals surface area contributed by atoms with Crippen LogP contribution < -0.4 is 10.2 Å². The van der Waals surface area contributed by atoms with E-state index in [1.165, 1.54) is 5.56 Å². The van der Waals surface area contributed by atoms with Gasteiger partial charge in [0, 0.05) is 28.4 Å². The molecule has 0 aliphatic carbocycles. The van der Waals surface area contributed by atoms with Gasteiger partial charge in [0.2, 0.25) is 0 Å². The summed E-state index contributed by atoms with van der Waals surface area (Å²) in [4.78, 5) is 29.5. The van der Waals surface area contributed by atoms with Crippen LogP contribution in [0, 0.1) is 0 Å². The zero-order valence-electron chi connectivity index (χ0n) is 17.6. The number of unbranched alkanes of at least 4 members (excludes halogenated alkanes) is 1. The normalized spacial score (nSPS) is 12.7. The second-order valence-electron chi connectivity index (χ2n) is 7.53. The van der Waals surface area contributed by atoms with Crippen molar-refractivity contribution in [2.45, 2.75) is 36.0 Å². The van der Waals surface area contributed by atoms with E-state index in [2.05, 4.69) is 29.6 Å². The van der Waals surface area contributed by atoms with Crippen LogP contribution in [-0.4, -0.2) is 24.9 Å². The largest absolute Gasteiger partial charge is 0.352 e. The third kappa shape index (κ3) is 4.83. The molecular formula is C26H26N2O2S. The molecule has 1 N–H and O–H groups in total. The minimum absolute atomic E-state index is 0.0252. The van der Waals surface area contributed by atoms with E-state index in [4.69, 9.17) is 0 Å². The van der Waals surface area contributed by atoms with Crippen LogP contribution in [0.3, 0.4) is 0 Å². The number of nitrogens with one attached hydrogen (secondary N) is 1. The fourth-order valence-electron chi connectivity index (χ4n) is 3.78. The highest BCUT2D eigenvalue weighted by Gasteiger charge is 2.26. The van der Waals surface area contributed by atoms with Gasteiger partial charge in [-0.1, -0.05) is 54.2 Å². The topological polar surface area (TPSA) is 49.4 Å². The molecule has 0 spiro atoms. The van der Waals surface area contributed by atoms with Gasteiger partial charge >= 0.3 is 0 Å². The fraction of sp³-hybridized carbons (Fsp3) is 0.231. The lowest BCUT2D eigenvalue weighted by Gasteiger charge is -2.21. The van der Waals surface area contributed by atoms with Crippen molar-refractivity contribution in [3.05, 3.63) is 89.5 Å². The molecule has 0 bridgehead atoms. The van der Waals surface area contributed by atoms with Gasteiger partial charge in [-0.05, 0) is 62.1 Å². The first kappa shape index (κ1) is 21.2. The number of nitrogens with zero attached hydrogens (tertiary/aromatic N) is 1. The first-order valence-corrected chi connectivity index (χ1v) is 11.5. The first-order chi connectivity index (χ1) is 15.2. The van der Waals surface area contributed by atoms with Crippen molar-refractivity contribution in [3.63, 3.8) is 0 Å². The Morgan fingerprint density at radius 2 is 1.71 bits per heavy atom. The number of hydrogen-bond donors (Lipinski definition) is 1. The number of amides is 2. The Balaban J connectivity index is 1.42. The Morgan fingerprint density at radius 1 is 0.935 bits per heavy atom. The second kappa shape index (κ2) is 9.84. The molecule has 3 aromatic rings. The predicted molar refractivity (Wildman–Crippen MR) is 126 cm³/mol. The van der Waals surface area contributed by atoms with Crippen LogP contribution in [0.25, 0.3) is 0 Å². The van der Waals surface area contributed by atoms with Gasteiger partial charge in [-0.15, -0.1) is 0 Å². The molecule has 158 valence electrons. The Bertz CT molecular complexity index is 1080. The highest BCUT2D eigenvalue weighted by molar-refractivity contribution is 7.99. The zero-order chi connectivity index (χ0) is 21.6. The van der Waals surface area contributed by atoms with E-state index in [-0.39, 0.29) is 11.8 Å². The molecule has 31 heavy (non-hydrogen) atoms. The molecule has 0 radical (unpaired) electrons. The summed E-state index contributed by atoms with van der Waals surface area (Å²) in [7, 11) is 0. The van der Waals surface area contributed by atoms with Gasteiger partial charge in [-0.2, -0.15) is 0 Å². The summed E-state index contributed by atoms with van der Waals surface area (Å²) in [6.07, 6.45) is 2.97. The number of rotatable bonds is 7. The van der Waals surface area contributed by atoms with Crippen molar-refractivity contribution in [1.29, 1.82) is 0 Å². The Morgan fingerprint density at radius 3 is 2.52 bits per heavy atom. The fourth-order valence-corrected chi connectivity index (χ4v) is 4.84. The van der Waals surface area contributed by atoms with Crippen molar-refractivity contribution >= 4 is 29.3 Å². The summed E-state index contributed by atoms with van der Waals surface area (Å²) >= 11 is 1.57. The Hall–Kier alpha value is -3.05. The molecule has 4 rings (SSSR count). The summed E-state index contributed by atoms with van der Waals surface area (Å²) in [5, 5.41) is 3.02. The lowest BCUT2D eigenvalue weighted by Crippen LogP contribution is -2.31. The average molecular weight is 431 g/mol. The number of benzene rings is 3. The van der Waals surface area contributed by atoms with Gasteiger partial charge in [-0.3, -0.25) is 9.59 Å². The van der Waals surface area contributed by atoms with E-state index in [9.17, 15) is 9.59 Å². The molecule has 0 aromatic heterocycles. The maximum Gasteiger partial charge on any atom is 0.259 e. The van der Waals surface area contributed by atoms with Gasteiger partial charge in [0.1, 0.15) is 0 Å². The third-order valence-electron chi connectivity index (χ3n) is 5.43. The van der Waals surface area contributed by atoms with Crippen molar-refractivity contribution in [2.24, 2.45) is 0 Å². The molecule has 0 saturated carbocycles. The molecule has 0 atom stereocenters. The summed E-state index contributed by atoms with van der Waals surface area (Å²) in [5.74, 6) is -0.124. The van der Waals surface area contributed by atoms with E-state index in [0.29, 0.717) is 24.2 Å². The van der Waals surface area contributed by atoms with Crippen LogP contribution in [0.2, 0.25) is 0 Å². The Kier molecular flexibility index (Phi) is 6.73. The molecule has 1 heterocycles. The number of carbonyl (C=O) groups is 2. The SMILES string of the molecule is CCN1C(=O)c2ccccc2Sc2ccc(C(=O)NCCCCc3ccccc3)cc21. The number of anilines is 1. The minimum Gasteiger partial charge on any atom is -0.352 e. The molecule has 1 aliphatic rings. The van der Waals surface area contributed by atoms with E-state index in [0.717, 1.165) is 34.7 Å². The van der Waals surface area contributed by atoms with Crippen LogP contribution >= 0.6 is 11.8 Å². The van der Waals surface area contributed by atoms with Gasteiger partial charge < -0.3 is 10.2 Å². The van der Waals surface area contributed by atoms with Gasteiger partial charge in [0.05, 0.1) is 11.3 Å². The van der Waals surface area contributed by atoms with Crippen molar-refractivity contribution in [2.75, 3.05) is 18.0 Å². The molecule has 0 fully saturated rings. The van der Waals surface area contributed by atoms with E-state index < -0.39 is 0 Å². The predicted octanol–water partition coefficient (Wildman–Crippen LogP) is 5.57. The molecule has 0 saturated heterocycles. The lowest BCUT2D eigenvalue weighted by molar-refractivity contribution is 0.0949. The average Bonchev–Trinajstić information content (AvgIpc) is 2.92. The van der Waals surface area contributed by atoms with Gasteiger partial charge in [0.15, 0.2) is 0 Å². The van der Waals surface area contributed by atoms with Crippen molar-refractivity contribution in [3.8, 4) is 0 Å². The zero-order valence-corrected chi connectivity index (χ0v) is 18.5. The number of hydrogen-bond acceptors (Lipinski definition) is 3. The molecular weight excluding hydrogens is 404 g/mol. The summed E-state index contributed by atoms with van der Waals surface area (Å²) in [5.41, 5.74) is 3.41. The van der Waals surface area contributed by atoms with E-state index >= 15 is 0 Å². The molecule has 4 nitrogen and oxygen atoms in total. The van der Waals surface area contributed by atoms with Crippen LogP contribution in [0.1, 0.15) is 46.0 Å². The third-order valence-corrected chi connectivity index (χ3v) is 6.57. The smallest absolute Gasteiger partial charge is 0.259 e. The van der Waals surface area contributed by atoms with Crippen LogP contribution in [0.15, 0.2) is 82.6 Å². The summed E-state index contributed by atoms with van der Waals surface area (Å²) < 4.78 is 0. The standard InChI is InChI=1S/C26H26N2O2S/c1-2-28-22-18-20(25(29)27-17-9-8-12-19-10-4-3-5-11-19)15-16-24(22)31-23-14-7-6-13-21(23)26(28)30/h3-7,10-11,13-16,18H,2,8-9,12,17H2,1H3,(H,27,29). The van der Waals surface area contributed by atoms with Gasteiger partial charge in [0.25, 0.3) is 11.8 Å². The molecule has 0 unspecified atom stereocenters. The van der Waals surface area contributed by atoms with E-state index in [1.807, 2.05) is 55.5 Å². The molecule has 2 amide bonds. The van der Waals surface area contributed by atoms with Crippen LogP contribution in [0.5, 0.6) is 0 Å². The molecule has 5 heteroatoms. The molecule has 3 aromatic carbocycles. The molecule has 1 aliphatic heterocycles. The van der Waals surface area contributed by atoms with Gasteiger partial charge in [-0.25, -0.2) is 0 Å². The number of fused-ring (bicyclic) bond motifs is 2. The second-order valence-corrected chi connectivity index (χ2v) is 8.61. The Labute approximate surface area is 187 Å². The first-order valence-electron chi connectivity index (χ1n) is 10.7. The number of aryl methyl sites for hydroxylation is 1. The quantitative estimate of drug-likeness (QED) is 0.499. The van der Waals surface area contributed by atoms with Crippen LogP contribution in [-0.2, 0) is 6.42 Å². The highest BCUT2D eigenvalue weighted by atomic mass is 32.2. The lowest BCUT2D eigenvalue weighted by atomic mass is 10.1. The highest BCUT2D eigenvalue weighted by Crippen LogP contribution is 2.41. The maximum absolute atomic E-state index is 13.1. The summed E-state index contributed by atoms with van der Waals surface area (Å²) in [6.45, 7) is 3.14. The summed E-state index contributed by atoms with van der Waals surface area (Å²) in [6, 6.07) is 23.7. The monoisotopic (exact) mass is 430 g/mol. The van der Waals surface area contributed by atoms with Crippen LogP contribution in [0.4, 0.5) is 5.69 Å². The number of carbonyl (C=O) groups excluding carboxylic acids is 2. The van der Waals surface area contributed by atoms with Crippen molar-refractivity contribution < 1.29 is 9.59 Å². The maximum atomic E-state index is 13.1. The van der Waals surface area contributed by atoms with Crippen molar-refractivity contribution in [1.82, 2.24) is 5.32 Å². The van der Waals surface area contributed by atoms with E-state index in [1.54, 1.807) is 16.7 Å². The minimum atomic E-state index is -0.0993.